The largest absolute Gasteiger partial charge is 0.338 e. The highest BCUT2D eigenvalue weighted by Crippen LogP contribution is 2.37. The molecule has 5 heteroatoms. The fraction of sp³-hybridized carbons (Fsp3) is 0.222. The van der Waals surface area contributed by atoms with E-state index in [1.165, 1.54) is 12.1 Å². The van der Waals surface area contributed by atoms with Gasteiger partial charge in [-0.3, -0.25) is 9.59 Å². The number of para-hydroxylation sites is 1. The maximum atomic E-state index is 13.7. The van der Waals surface area contributed by atoms with E-state index in [1.54, 1.807) is 24.1 Å². The van der Waals surface area contributed by atoms with Crippen LogP contribution >= 0.6 is 0 Å². The van der Waals surface area contributed by atoms with Crippen molar-refractivity contribution in [2.45, 2.75) is 12.5 Å². The molecular formula is C18H17FN2O2. The molecule has 4 nitrogen and oxygen atoms in total. The van der Waals surface area contributed by atoms with Gasteiger partial charge in [0.2, 0.25) is 11.8 Å². The van der Waals surface area contributed by atoms with Crippen molar-refractivity contribution in [3.8, 4) is 0 Å². The highest BCUT2D eigenvalue weighted by atomic mass is 19.1. The van der Waals surface area contributed by atoms with Gasteiger partial charge in [-0.05, 0) is 17.7 Å². The molecule has 1 N–H and O–H groups in total. The third kappa shape index (κ3) is 2.95. The van der Waals surface area contributed by atoms with Crippen molar-refractivity contribution in [1.29, 1.82) is 0 Å². The molecule has 0 aromatic heterocycles. The number of amides is 2. The Bertz CT molecular complexity index is 733. The standard InChI is InChI=1S/C18H17FN2O2/c1-21-16(22)11-13(17(21)12-7-3-2-4-8-12)18(23)20-15-10-6-5-9-14(15)19/h2-10,13,17H,11H2,1H3,(H,20,23)/t13-,17+/m0/s1. The molecule has 2 aromatic rings. The van der Waals surface area contributed by atoms with Crippen molar-refractivity contribution in [1.82, 2.24) is 4.90 Å². The Morgan fingerprint density at radius 3 is 2.48 bits per heavy atom. The maximum Gasteiger partial charge on any atom is 0.230 e. The Morgan fingerprint density at radius 1 is 1.13 bits per heavy atom. The molecule has 1 saturated heterocycles. The van der Waals surface area contributed by atoms with Crippen molar-refractivity contribution >= 4 is 17.5 Å². The molecule has 0 radical (unpaired) electrons. The summed E-state index contributed by atoms with van der Waals surface area (Å²) in [5.74, 6) is -1.47. The molecule has 23 heavy (non-hydrogen) atoms. The number of anilines is 1. The zero-order chi connectivity index (χ0) is 16.4. The molecule has 1 heterocycles. The third-order valence-corrected chi connectivity index (χ3v) is 4.20. The number of carbonyl (C=O) groups excluding carboxylic acids is 2. The SMILES string of the molecule is CN1C(=O)C[C@H](C(=O)Nc2ccccc2F)[C@H]1c1ccccc1. The van der Waals surface area contributed by atoms with Crippen LogP contribution in [0.4, 0.5) is 10.1 Å². The van der Waals surface area contributed by atoms with Crippen LogP contribution in [0.1, 0.15) is 18.0 Å². The summed E-state index contributed by atoms with van der Waals surface area (Å²) < 4.78 is 13.7. The minimum atomic E-state index is -0.547. The summed E-state index contributed by atoms with van der Waals surface area (Å²) in [5.41, 5.74) is 1.03. The molecule has 0 bridgehead atoms. The summed E-state index contributed by atoms with van der Waals surface area (Å²) in [5, 5.41) is 2.60. The minimum Gasteiger partial charge on any atom is -0.338 e. The zero-order valence-electron chi connectivity index (χ0n) is 12.7. The van der Waals surface area contributed by atoms with Crippen molar-refractivity contribution in [2.24, 2.45) is 5.92 Å². The number of nitrogens with one attached hydrogen (secondary N) is 1. The lowest BCUT2D eigenvalue weighted by Crippen LogP contribution is -2.30. The quantitative estimate of drug-likeness (QED) is 0.947. The van der Waals surface area contributed by atoms with Crippen LogP contribution in [-0.2, 0) is 9.59 Å². The first-order valence-electron chi connectivity index (χ1n) is 7.44. The third-order valence-electron chi connectivity index (χ3n) is 4.20. The first-order chi connectivity index (χ1) is 11.1. The van der Waals surface area contributed by atoms with Crippen LogP contribution in [0.15, 0.2) is 54.6 Å². The Labute approximate surface area is 133 Å². The van der Waals surface area contributed by atoms with E-state index < -0.39 is 11.7 Å². The van der Waals surface area contributed by atoms with E-state index in [1.807, 2.05) is 30.3 Å². The predicted molar refractivity (Wildman–Crippen MR) is 85.1 cm³/mol. The number of carbonyl (C=O) groups is 2. The number of likely N-dealkylation sites (tertiary alicyclic amines) is 1. The first-order valence-corrected chi connectivity index (χ1v) is 7.44. The molecule has 1 aliphatic rings. The van der Waals surface area contributed by atoms with Gasteiger partial charge in [0.05, 0.1) is 17.6 Å². The van der Waals surface area contributed by atoms with E-state index in [0.29, 0.717) is 0 Å². The van der Waals surface area contributed by atoms with Gasteiger partial charge >= 0.3 is 0 Å². The van der Waals surface area contributed by atoms with Gasteiger partial charge in [0.25, 0.3) is 0 Å². The van der Waals surface area contributed by atoms with Crippen LogP contribution in [0.25, 0.3) is 0 Å². The van der Waals surface area contributed by atoms with Crippen molar-refractivity contribution in [3.05, 3.63) is 66.0 Å². The highest BCUT2D eigenvalue weighted by Gasteiger charge is 2.42. The second kappa shape index (κ2) is 6.20. The second-order valence-corrected chi connectivity index (χ2v) is 5.64. The Morgan fingerprint density at radius 2 is 1.78 bits per heavy atom. The van der Waals surface area contributed by atoms with Crippen molar-refractivity contribution < 1.29 is 14.0 Å². The molecule has 0 aliphatic carbocycles. The number of hydrogen-bond acceptors (Lipinski definition) is 2. The predicted octanol–water partition coefficient (Wildman–Crippen LogP) is 2.98. The lowest BCUT2D eigenvalue weighted by Gasteiger charge is -2.25. The summed E-state index contributed by atoms with van der Waals surface area (Å²) in [6.07, 6.45) is 0.121. The first kappa shape index (κ1) is 15.2. The molecule has 0 saturated carbocycles. The zero-order valence-corrected chi connectivity index (χ0v) is 12.7. The van der Waals surface area contributed by atoms with E-state index in [2.05, 4.69) is 5.32 Å². The maximum absolute atomic E-state index is 13.7. The van der Waals surface area contributed by atoms with E-state index in [9.17, 15) is 14.0 Å². The average molecular weight is 312 g/mol. The van der Waals surface area contributed by atoms with Gasteiger partial charge in [-0.1, -0.05) is 42.5 Å². The van der Waals surface area contributed by atoms with Crippen LogP contribution in [0.3, 0.4) is 0 Å². The molecular weight excluding hydrogens is 295 g/mol. The van der Waals surface area contributed by atoms with Gasteiger partial charge in [-0.2, -0.15) is 0 Å². The highest BCUT2D eigenvalue weighted by molar-refractivity contribution is 5.98. The summed E-state index contributed by atoms with van der Waals surface area (Å²) in [4.78, 5) is 26.2. The number of halogens is 1. The molecule has 0 spiro atoms. The van der Waals surface area contributed by atoms with Gasteiger partial charge in [0.15, 0.2) is 0 Å². The van der Waals surface area contributed by atoms with E-state index in [4.69, 9.17) is 0 Å². The summed E-state index contributed by atoms with van der Waals surface area (Å²) in [7, 11) is 1.69. The van der Waals surface area contributed by atoms with Gasteiger partial charge in [-0.15, -0.1) is 0 Å². The van der Waals surface area contributed by atoms with E-state index >= 15 is 0 Å². The number of nitrogens with zero attached hydrogens (tertiary/aromatic N) is 1. The van der Waals surface area contributed by atoms with Crippen LogP contribution in [0.2, 0.25) is 0 Å². The Hall–Kier alpha value is -2.69. The van der Waals surface area contributed by atoms with Gasteiger partial charge in [0.1, 0.15) is 5.82 Å². The Balaban J connectivity index is 1.86. The molecule has 1 aliphatic heterocycles. The van der Waals surface area contributed by atoms with Crippen LogP contribution in [0.5, 0.6) is 0 Å². The summed E-state index contributed by atoms with van der Waals surface area (Å²) in [6, 6.07) is 15.1. The monoisotopic (exact) mass is 312 g/mol. The lowest BCUT2D eigenvalue weighted by molar-refractivity contribution is -0.127. The van der Waals surface area contributed by atoms with E-state index in [0.717, 1.165) is 5.56 Å². The molecule has 0 unspecified atom stereocenters. The van der Waals surface area contributed by atoms with Crippen molar-refractivity contribution in [3.63, 3.8) is 0 Å². The topological polar surface area (TPSA) is 49.4 Å². The fourth-order valence-corrected chi connectivity index (χ4v) is 3.00. The molecule has 118 valence electrons. The summed E-state index contributed by atoms with van der Waals surface area (Å²) in [6.45, 7) is 0. The molecule has 1 fully saturated rings. The number of benzene rings is 2. The molecule has 3 rings (SSSR count). The molecule has 2 aromatic carbocycles. The van der Waals surface area contributed by atoms with Gasteiger partial charge in [0, 0.05) is 13.5 Å². The average Bonchev–Trinajstić information content (AvgIpc) is 2.86. The Kier molecular flexibility index (Phi) is 4.10. The van der Waals surface area contributed by atoms with Gasteiger partial charge in [-0.25, -0.2) is 4.39 Å². The number of rotatable bonds is 3. The van der Waals surface area contributed by atoms with Crippen LogP contribution in [0, 0.1) is 11.7 Å². The summed E-state index contributed by atoms with van der Waals surface area (Å²) >= 11 is 0. The van der Waals surface area contributed by atoms with Crippen LogP contribution < -0.4 is 5.32 Å². The lowest BCUT2D eigenvalue weighted by atomic mass is 9.93. The van der Waals surface area contributed by atoms with E-state index in [-0.39, 0.29) is 30.0 Å². The number of hydrogen-bond donors (Lipinski definition) is 1. The molecule has 2 atom stereocenters. The normalized spacial score (nSPS) is 20.6. The fourth-order valence-electron chi connectivity index (χ4n) is 3.00. The van der Waals surface area contributed by atoms with Gasteiger partial charge < -0.3 is 10.2 Å². The van der Waals surface area contributed by atoms with Crippen molar-refractivity contribution in [2.75, 3.05) is 12.4 Å². The smallest absolute Gasteiger partial charge is 0.230 e. The van der Waals surface area contributed by atoms with Crippen LogP contribution in [-0.4, -0.2) is 23.8 Å². The minimum absolute atomic E-state index is 0.0902. The second-order valence-electron chi connectivity index (χ2n) is 5.64. The molecule has 2 amide bonds.